The minimum atomic E-state index is 0.658. The molecule has 1 unspecified atom stereocenters. The number of hydrogen-bond donors (Lipinski definition) is 1. The summed E-state index contributed by atoms with van der Waals surface area (Å²) in [5.74, 6) is 2.60. The lowest BCUT2D eigenvalue weighted by Gasteiger charge is -2.17. The van der Waals surface area contributed by atoms with Crippen molar-refractivity contribution in [3.05, 3.63) is 53.6 Å². The summed E-state index contributed by atoms with van der Waals surface area (Å²) in [4.78, 5) is 4.34. The van der Waals surface area contributed by atoms with Crippen molar-refractivity contribution in [1.29, 1.82) is 0 Å². The largest absolute Gasteiger partial charge is 0.334 e. The zero-order valence-corrected chi connectivity index (χ0v) is 12.3. The topological polar surface area (TPSA) is 29.9 Å². The highest BCUT2D eigenvalue weighted by Gasteiger charge is 2.31. The smallest absolute Gasteiger partial charge is 0.105 e. The van der Waals surface area contributed by atoms with E-state index in [0.29, 0.717) is 5.92 Å². The van der Waals surface area contributed by atoms with Crippen LogP contribution >= 0.6 is 0 Å². The van der Waals surface area contributed by atoms with Crippen LogP contribution in [0.15, 0.2) is 36.5 Å². The quantitative estimate of drug-likeness (QED) is 0.873. The maximum absolute atomic E-state index is 4.34. The molecule has 3 rings (SSSR count). The SMILES string of the molecule is Cc1ncc(CNCC(c2ccccc2)C2CC2)n1C. The van der Waals surface area contributed by atoms with Gasteiger partial charge in [-0.2, -0.15) is 0 Å². The first kappa shape index (κ1) is 13.4. The van der Waals surface area contributed by atoms with Crippen molar-refractivity contribution in [2.24, 2.45) is 13.0 Å². The van der Waals surface area contributed by atoms with Crippen LogP contribution in [0.2, 0.25) is 0 Å². The van der Waals surface area contributed by atoms with E-state index in [0.717, 1.165) is 24.8 Å². The van der Waals surface area contributed by atoms with E-state index in [-0.39, 0.29) is 0 Å². The van der Waals surface area contributed by atoms with E-state index in [2.05, 4.69) is 52.2 Å². The number of aromatic nitrogens is 2. The average Bonchev–Trinajstić information content (AvgIpc) is 3.26. The summed E-state index contributed by atoms with van der Waals surface area (Å²) in [6.45, 7) is 3.99. The van der Waals surface area contributed by atoms with Gasteiger partial charge < -0.3 is 9.88 Å². The second-order valence-electron chi connectivity index (χ2n) is 5.84. The Bertz CT molecular complexity index is 555. The number of aryl methyl sites for hydroxylation is 1. The summed E-state index contributed by atoms with van der Waals surface area (Å²) in [5, 5.41) is 3.61. The zero-order valence-electron chi connectivity index (χ0n) is 12.3. The van der Waals surface area contributed by atoms with Crippen molar-refractivity contribution in [3.8, 4) is 0 Å². The van der Waals surface area contributed by atoms with Crippen LogP contribution in [0.5, 0.6) is 0 Å². The van der Waals surface area contributed by atoms with Gasteiger partial charge in [-0.05, 0) is 37.2 Å². The highest BCUT2D eigenvalue weighted by atomic mass is 15.1. The molecule has 0 bridgehead atoms. The summed E-state index contributed by atoms with van der Waals surface area (Å²) >= 11 is 0. The molecule has 1 aliphatic rings. The minimum Gasteiger partial charge on any atom is -0.334 e. The molecule has 1 aromatic heterocycles. The fraction of sp³-hybridized carbons (Fsp3) is 0.471. The molecule has 20 heavy (non-hydrogen) atoms. The lowest BCUT2D eigenvalue weighted by atomic mass is 9.94. The number of rotatable bonds is 6. The third-order valence-corrected chi connectivity index (χ3v) is 4.41. The van der Waals surface area contributed by atoms with E-state index in [1.165, 1.54) is 24.1 Å². The first-order chi connectivity index (χ1) is 9.75. The first-order valence-corrected chi connectivity index (χ1v) is 7.48. The van der Waals surface area contributed by atoms with Crippen molar-refractivity contribution in [3.63, 3.8) is 0 Å². The van der Waals surface area contributed by atoms with Gasteiger partial charge in [-0.3, -0.25) is 0 Å². The zero-order chi connectivity index (χ0) is 13.9. The van der Waals surface area contributed by atoms with Crippen LogP contribution in [-0.2, 0) is 13.6 Å². The number of benzene rings is 1. The molecule has 0 aliphatic heterocycles. The Morgan fingerprint density at radius 2 is 2.05 bits per heavy atom. The van der Waals surface area contributed by atoms with Crippen LogP contribution in [-0.4, -0.2) is 16.1 Å². The molecule has 1 saturated carbocycles. The van der Waals surface area contributed by atoms with E-state index in [4.69, 9.17) is 0 Å². The molecular formula is C17H23N3. The molecule has 3 nitrogen and oxygen atoms in total. The van der Waals surface area contributed by atoms with Crippen molar-refractivity contribution in [2.75, 3.05) is 6.54 Å². The maximum Gasteiger partial charge on any atom is 0.105 e. The Morgan fingerprint density at radius 3 is 2.65 bits per heavy atom. The normalized spacial score (nSPS) is 16.3. The molecule has 1 heterocycles. The molecule has 1 N–H and O–H groups in total. The third kappa shape index (κ3) is 2.93. The predicted octanol–water partition coefficient (Wildman–Crippen LogP) is 3.01. The molecule has 0 saturated heterocycles. The molecule has 1 atom stereocenters. The molecule has 1 aromatic carbocycles. The summed E-state index contributed by atoms with van der Waals surface area (Å²) < 4.78 is 2.15. The van der Waals surface area contributed by atoms with Crippen molar-refractivity contribution >= 4 is 0 Å². The van der Waals surface area contributed by atoms with Crippen LogP contribution in [0.3, 0.4) is 0 Å². The van der Waals surface area contributed by atoms with Gasteiger partial charge >= 0.3 is 0 Å². The number of nitrogens with one attached hydrogen (secondary N) is 1. The minimum absolute atomic E-state index is 0.658. The molecule has 2 aromatic rings. The van der Waals surface area contributed by atoms with Gasteiger partial charge in [0, 0.05) is 26.3 Å². The highest BCUT2D eigenvalue weighted by molar-refractivity contribution is 5.22. The summed E-state index contributed by atoms with van der Waals surface area (Å²) in [6, 6.07) is 10.9. The van der Waals surface area contributed by atoms with Crippen LogP contribution in [0.4, 0.5) is 0 Å². The average molecular weight is 269 g/mol. The van der Waals surface area contributed by atoms with Gasteiger partial charge in [0.2, 0.25) is 0 Å². The van der Waals surface area contributed by atoms with E-state index in [9.17, 15) is 0 Å². The van der Waals surface area contributed by atoms with Gasteiger partial charge in [0.25, 0.3) is 0 Å². The Hall–Kier alpha value is -1.61. The summed E-state index contributed by atoms with van der Waals surface area (Å²) in [7, 11) is 2.08. The van der Waals surface area contributed by atoms with Crippen molar-refractivity contribution in [1.82, 2.24) is 14.9 Å². The molecule has 1 aliphatic carbocycles. The van der Waals surface area contributed by atoms with E-state index >= 15 is 0 Å². The van der Waals surface area contributed by atoms with E-state index in [1.807, 2.05) is 13.1 Å². The monoisotopic (exact) mass is 269 g/mol. The van der Waals surface area contributed by atoms with Crippen molar-refractivity contribution in [2.45, 2.75) is 32.2 Å². The van der Waals surface area contributed by atoms with Gasteiger partial charge in [0.1, 0.15) is 5.82 Å². The molecule has 0 amide bonds. The van der Waals surface area contributed by atoms with Gasteiger partial charge in [-0.25, -0.2) is 4.98 Å². The van der Waals surface area contributed by atoms with Crippen LogP contribution in [0, 0.1) is 12.8 Å². The second-order valence-corrected chi connectivity index (χ2v) is 5.84. The van der Waals surface area contributed by atoms with Crippen LogP contribution in [0.25, 0.3) is 0 Å². The third-order valence-electron chi connectivity index (χ3n) is 4.41. The van der Waals surface area contributed by atoms with E-state index in [1.54, 1.807) is 0 Å². The van der Waals surface area contributed by atoms with Gasteiger partial charge in [0.15, 0.2) is 0 Å². The first-order valence-electron chi connectivity index (χ1n) is 7.48. The lowest BCUT2D eigenvalue weighted by molar-refractivity contribution is 0.526. The Morgan fingerprint density at radius 1 is 1.30 bits per heavy atom. The fourth-order valence-electron chi connectivity index (χ4n) is 2.82. The van der Waals surface area contributed by atoms with Gasteiger partial charge in [-0.15, -0.1) is 0 Å². The maximum atomic E-state index is 4.34. The van der Waals surface area contributed by atoms with Gasteiger partial charge in [0.05, 0.1) is 5.69 Å². The van der Waals surface area contributed by atoms with Gasteiger partial charge in [-0.1, -0.05) is 30.3 Å². The van der Waals surface area contributed by atoms with Crippen molar-refractivity contribution < 1.29 is 0 Å². The predicted molar refractivity (Wildman–Crippen MR) is 81.6 cm³/mol. The Kier molecular flexibility index (Phi) is 3.88. The standard InChI is InChI=1S/C17H23N3/c1-13-19-11-16(20(13)2)10-18-12-17(15-8-9-15)14-6-4-3-5-7-14/h3-7,11,15,17-18H,8-10,12H2,1-2H3. The molecule has 0 spiro atoms. The Balaban J connectivity index is 1.60. The molecular weight excluding hydrogens is 246 g/mol. The van der Waals surface area contributed by atoms with Crippen LogP contribution < -0.4 is 5.32 Å². The summed E-state index contributed by atoms with van der Waals surface area (Å²) in [6.07, 6.45) is 4.73. The lowest BCUT2D eigenvalue weighted by Crippen LogP contribution is -2.23. The molecule has 1 fully saturated rings. The summed E-state index contributed by atoms with van der Waals surface area (Å²) in [5.41, 5.74) is 2.73. The molecule has 3 heteroatoms. The highest BCUT2D eigenvalue weighted by Crippen LogP contribution is 2.42. The second kappa shape index (κ2) is 5.80. The van der Waals surface area contributed by atoms with E-state index < -0.39 is 0 Å². The number of nitrogens with zero attached hydrogens (tertiary/aromatic N) is 2. The molecule has 0 radical (unpaired) electrons. The van der Waals surface area contributed by atoms with Crippen LogP contribution in [0.1, 0.15) is 35.8 Å². The molecule has 106 valence electrons. The fourth-order valence-corrected chi connectivity index (χ4v) is 2.82. The Labute approximate surface area is 121 Å². The number of imidazole rings is 1. The number of hydrogen-bond acceptors (Lipinski definition) is 2.